The number of nitrogens with zero attached hydrogens (tertiary/aromatic N) is 1. The topological polar surface area (TPSA) is 99.6 Å². The highest BCUT2D eigenvalue weighted by Crippen LogP contribution is 2.55. The average Bonchev–Trinajstić information content (AvgIpc) is 3.65. The number of carbonyl (C=O) groups is 2. The fourth-order valence-corrected chi connectivity index (χ4v) is 8.09. The number of benzene rings is 3. The van der Waals surface area contributed by atoms with Gasteiger partial charge in [-0.2, -0.15) is 0 Å². The van der Waals surface area contributed by atoms with E-state index in [2.05, 4.69) is 29.2 Å². The summed E-state index contributed by atoms with van der Waals surface area (Å²) in [7, 11) is -3.54. The van der Waals surface area contributed by atoms with E-state index >= 15 is 0 Å². The summed E-state index contributed by atoms with van der Waals surface area (Å²) < 4.78 is 38.1. The third-order valence-electron chi connectivity index (χ3n) is 9.01. The highest BCUT2D eigenvalue weighted by molar-refractivity contribution is 7.90. The van der Waals surface area contributed by atoms with Gasteiger partial charge in [0.25, 0.3) is 0 Å². The Hall–Kier alpha value is -3.69. The van der Waals surface area contributed by atoms with E-state index in [1.54, 1.807) is 36.5 Å². The summed E-state index contributed by atoms with van der Waals surface area (Å²) in [5, 5.41) is 0.0733. The minimum Gasteiger partial charge on any atom is -0.339 e. The number of halogens is 1. The van der Waals surface area contributed by atoms with Crippen LogP contribution >= 0.6 is 11.6 Å². The minimum atomic E-state index is -3.54. The predicted octanol–water partition coefficient (Wildman–Crippen LogP) is 7.87. The van der Waals surface area contributed by atoms with E-state index in [9.17, 15) is 18.0 Å². The lowest BCUT2D eigenvalue weighted by molar-refractivity contribution is -0.173. The molecule has 7 nitrogen and oxygen atoms in total. The molecule has 1 spiro atoms. The molecule has 1 aliphatic carbocycles. The van der Waals surface area contributed by atoms with Crippen molar-refractivity contribution in [3.63, 3.8) is 0 Å². The number of rotatable bonds is 11. The highest BCUT2D eigenvalue weighted by atomic mass is 35.5. The molecule has 1 saturated heterocycles. The lowest BCUT2D eigenvalue weighted by Crippen LogP contribution is -2.27. The molecule has 9 heteroatoms. The molecule has 3 aromatic carbocycles. The van der Waals surface area contributed by atoms with E-state index in [0.29, 0.717) is 30.5 Å². The van der Waals surface area contributed by atoms with Crippen LogP contribution in [0.3, 0.4) is 0 Å². The van der Waals surface area contributed by atoms with Crippen LogP contribution in [0.1, 0.15) is 83.8 Å². The smallest absolute Gasteiger partial charge is 0.181 e. The summed E-state index contributed by atoms with van der Waals surface area (Å²) in [6, 6.07) is 30.0. The number of ether oxygens (including phenoxy) is 2. The van der Waals surface area contributed by atoms with Crippen molar-refractivity contribution < 1.29 is 27.5 Å². The van der Waals surface area contributed by atoms with Crippen molar-refractivity contribution in [1.29, 1.82) is 0 Å². The van der Waals surface area contributed by atoms with Crippen LogP contribution in [0.2, 0.25) is 5.02 Å². The molecule has 2 fully saturated rings. The van der Waals surface area contributed by atoms with Crippen molar-refractivity contribution in [2.75, 3.05) is 6.26 Å². The summed E-state index contributed by atoms with van der Waals surface area (Å²) >= 11 is 6.44. The Kier molecular flexibility index (Phi) is 9.52. The van der Waals surface area contributed by atoms with Crippen LogP contribution in [-0.2, 0) is 24.1 Å². The molecular formula is C37H36ClNO6S. The van der Waals surface area contributed by atoms with Gasteiger partial charge in [0.15, 0.2) is 21.4 Å². The van der Waals surface area contributed by atoms with Crippen LogP contribution in [0, 0.1) is 5.92 Å². The van der Waals surface area contributed by atoms with Crippen molar-refractivity contribution in [3.8, 4) is 0 Å². The highest BCUT2D eigenvalue weighted by Gasteiger charge is 2.52. The lowest BCUT2D eigenvalue weighted by Gasteiger charge is -2.25. The quantitative estimate of drug-likeness (QED) is 0.151. The van der Waals surface area contributed by atoms with Gasteiger partial charge in [-0.05, 0) is 59.7 Å². The van der Waals surface area contributed by atoms with Gasteiger partial charge in [-0.3, -0.25) is 14.6 Å². The van der Waals surface area contributed by atoms with Gasteiger partial charge in [0.05, 0.1) is 9.92 Å². The van der Waals surface area contributed by atoms with Crippen molar-refractivity contribution in [2.24, 2.45) is 5.92 Å². The van der Waals surface area contributed by atoms with Crippen LogP contribution in [0.15, 0.2) is 108 Å². The standard InChI is InChI=1S/C37H36ClNO6S/c1-46(42,43)34-18-15-28(23-30(34)38)29(32(40)16-17-33(41)31-14-8-9-21-39-31)22-25-19-20-37(24-25)44-35(26-10-4-2-5-11-26)36(45-37)27-12-6-3-7-13-27/h2-15,18,21,23,25,29,35-36H,16-17,19-20,22,24H2,1H3. The molecule has 0 radical (unpaired) electrons. The van der Waals surface area contributed by atoms with Gasteiger partial charge < -0.3 is 9.47 Å². The third kappa shape index (κ3) is 7.15. The third-order valence-corrected chi connectivity index (χ3v) is 10.6. The van der Waals surface area contributed by atoms with Gasteiger partial charge in [-0.15, -0.1) is 0 Å². The summed E-state index contributed by atoms with van der Waals surface area (Å²) in [5.74, 6) is -1.61. The van der Waals surface area contributed by atoms with Crippen LogP contribution in [0.5, 0.6) is 0 Å². The van der Waals surface area contributed by atoms with E-state index in [1.807, 2.05) is 36.4 Å². The Morgan fingerprint density at radius 2 is 1.52 bits per heavy atom. The summed E-state index contributed by atoms with van der Waals surface area (Å²) in [4.78, 5) is 30.8. The van der Waals surface area contributed by atoms with Crippen LogP contribution in [0.25, 0.3) is 0 Å². The Labute approximate surface area is 274 Å². The zero-order valence-corrected chi connectivity index (χ0v) is 27.1. The number of carbonyl (C=O) groups excluding carboxylic acids is 2. The van der Waals surface area contributed by atoms with Gasteiger partial charge >= 0.3 is 0 Å². The van der Waals surface area contributed by atoms with Crippen molar-refractivity contribution >= 4 is 33.0 Å². The Morgan fingerprint density at radius 3 is 2.09 bits per heavy atom. The second-order valence-electron chi connectivity index (χ2n) is 12.3. The maximum absolute atomic E-state index is 13.9. The number of aromatic nitrogens is 1. The lowest BCUT2D eigenvalue weighted by atomic mass is 9.83. The van der Waals surface area contributed by atoms with Crippen LogP contribution < -0.4 is 0 Å². The van der Waals surface area contributed by atoms with E-state index < -0.39 is 21.5 Å². The largest absolute Gasteiger partial charge is 0.339 e. The average molecular weight is 658 g/mol. The van der Waals surface area contributed by atoms with Gasteiger partial charge in [0.2, 0.25) is 0 Å². The molecule has 0 bridgehead atoms. The molecule has 4 atom stereocenters. The monoisotopic (exact) mass is 657 g/mol. The molecule has 2 heterocycles. The second kappa shape index (κ2) is 13.6. The molecule has 46 heavy (non-hydrogen) atoms. The maximum atomic E-state index is 13.9. The minimum absolute atomic E-state index is 0.0147. The zero-order chi connectivity index (χ0) is 32.3. The first-order chi connectivity index (χ1) is 22.1. The molecule has 6 rings (SSSR count). The fraction of sp³-hybridized carbons (Fsp3) is 0.324. The fourth-order valence-electron chi connectivity index (χ4n) is 6.76. The van der Waals surface area contributed by atoms with Crippen LogP contribution in [0.4, 0.5) is 0 Å². The first kappa shape index (κ1) is 32.3. The normalized spacial score (nSPS) is 23.4. The molecule has 0 N–H and O–H groups in total. The molecule has 4 aromatic rings. The van der Waals surface area contributed by atoms with Gasteiger partial charge in [-0.1, -0.05) is 84.4 Å². The maximum Gasteiger partial charge on any atom is 0.181 e. The van der Waals surface area contributed by atoms with Crippen LogP contribution in [-0.4, -0.2) is 37.0 Å². The second-order valence-corrected chi connectivity index (χ2v) is 14.7. The number of pyridine rings is 1. The number of hydrogen-bond donors (Lipinski definition) is 0. The summed E-state index contributed by atoms with van der Waals surface area (Å²) in [6.45, 7) is 0. The van der Waals surface area contributed by atoms with Crippen molar-refractivity contribution in [1.82, 2.24) is 4.98 Å². The summed E-state index contributed by atoms with van der Waals surface area (Å²) in [6.07, 6.45) is 4.71. The first-order valence-corrected chi connectivity index (χ1v) is 17.8. The number of sulfone groups is 1. The van der Waals surface area contributed by atoms with Gasteiger partial charge in [-0.25, -0.2) is 8.42 Å². The molecular weight excluding hydrogens is 622 g/mol. The SMILES string of the molecule is CS(=O)(=O)c1ccc(C(CC2CCC3(C2)OC(c2ccccc2)C(c2ccccc2)O3)C(=O)CCC(=O)c2ccccn2)cc1Cl. The number of hydrogen-bond acceptors (Lipinski definition) is 7. The molecule has 1 aliphatic heterocycles. The van der Waals surface area contributed by atoms with E-state index in [0.717, 1.165) is 23.8 Å². The zero-order valence-electron chi connectivity index (χ0n) is 25.5. The molecule has 238 valence electrons. The molecule has 1 saturated carbocycles. The molecule has 2 aliphatic rings. The predicted molar refractivity (Wildman–Crippen MR) is 175 cm³/mol. The molecule has 1 aromatic heterocycles. The summed E-state index contributed by atoms with van der Waals surface area (Å²) in [5.41, 5.74) is 3.04. The van der Waals surface area contributed by atoms with E-state index in [-0.39, 0.29) is 52.5 Å². The van der Waals surface area contributed by atoms with E-state index in [1.165, 1.54) is 6.07 Å². The molecule has 0 amide bonds. The van der Waals surface area contributed by atoms with Crippen molar-refractivity contribution in [3.05, 3.63) is 131 Å². The Bertz CT molecular complexity index is 1750. The molecule has 4 unspecified atom stereocenters. The Balaban J connectivity index is 1.23. The number of ketones is 2. The number of Topliss-reactive ketones (excluding diaryl/α,β-unsaturated/α-hetero) is 2. The van der Waals surface area contributed by atoms with E-state index in [4.69, 9.17) is 21.1 Å². The first-order valence-electron chi connectivity index (χ1n) is 15.5. The van der Waals surface area contributed by atoms with Gasteiger partial charge in [0, 0.05) is 44.1 Å². The van der Waals surface area contributed by atoms with Gasteiger partial charge in [0.1, 0.15) is 23.7 Å². The Morgan fingerprint density at radius 1 is 0.891 bits per heavy atom. The van der Waals surface area contributed by atoms with Crippen molar-refractivity contribution in [2.45, 2.75) is 67.3 Å².